The highest BCUT2D eigenvalue weighted by Gasteiger charge is 2.38. The number of likely N-dealkylation sites (tertiary alicyclic amines) is 1. The molecule has 0 spiro atoms. The van der Waals surface area contributed by atoms with Gasteiger partial charge >= 0.3 is 0 Å². The molecule has 7 heteroatoms. The van der Waals surface area contributed by atoms with E-state index in [0.717, 1.165) is 32.7 Å². The van der Waals surface area contributed by atoms with Crippen molar-refractivity contribution in [3.63, 3.8) is 0 Å². The number of rotatable bonds is 3. The van der Waals surface area contributed by atoms with E-state index < -0.39 is 5.82 Å². The Morgan fingerprint density at radius 3 is 2.92 bits per heavy atom. The number of morpholine rings is 1. The third kappa shape index (κ3) is 3.02. The molecule has 0 radical (unpaired) electrons. The molecule has 2 aromatic rings. The summed E-state index contributed by atoms with van der Waals surface area (Å²) in [6.07, 6.45) is 2.52. The van der Waals surface area contributed by atoms with Gasteiger partial charge in [0.25, 0.3) is 5.91 Å². The van der Waals surface area contributed by atoms with Crippen LogP contribution in [0.5, 0.6) is 0 Å². The van der Waals surface area contributed by atoms with Gasteiger partial charge in [-0.25, -0.2) is 9.37 Å². The number of nitrogens with zero attached hydrogens (tertiary/aromatic N) is 3. The van der Waals surface area contributed by atoms with Crippen molar-refractivity contribution in [2.75, 3.05) is 39.4 Å². The summed E-state index contributed by atoms with van der Waals surface area (Å²) >= 11 is 0. The first-order chi connectivity index (χ1) is 12.2. The Morgan fingerprint density at radius 2 is 2.16 bits per heavy atom. The van der Waals surface area contributed by atoms with Crippen LogP contribution in [0.2, 0.25) is 0 Å². The van der Waals surface area contributed by atoms with Crippen molar-refractivity contribution in [1.29, 1.82) is 0 Å². The third-order valence-electron chi connectivity index (χ3n) is 5.45. The number of benzene rings is 1. The highest BCUT2D eigenvalue weighted by atomic mass is 19.1. The van der Waals surface area contributed by atoms with Gasteiger partial charge in [0, 0.05) is 32.2 Å². The lowest BCUT2D eigenvalue weighted by Gasteiger charge is -2.34. The zero-order chi connectivity index (χ0) is 17.4. The first kappa shape index (κ1) is 16.5. The minimum Gasteiger partial charge on any atom is -0.379 e. The number of hydrogen-bond donors (Lipinski definition) is 1. The van der Waals surface area contributed by atoms with E-state index in [1.165, 1.54) is 18.5 Å². The number of nitrogens with one attached hydrogen (secondary N) is 1. The molecule has 2 fully saturated rings. The minimum absolute atomic E-state index is 0.134. The molecule has 4 rings (SSSR count). The van der Waals surface area contributed by atoms with Gasteiger partial charge in [0.05, 0.1) is 30.6 Å². The molecule has 2 atom stereocenters. The van der Waals surface area contributed by atoms with Crippen LogP contribution in [0.25, 0.3) is 11.0 Å². The first-order valence-electron chi connectivity index (χ1n) is 8.91. The van der Waals surface area contributed by atoms with Gasteiger partial charge in [-0.15, -0.1) is 0 Å². The quantitative estimate of drug-likeness (QED) is 0.922. The molecule has 2 unspecified atom stereocenters. The number of carbonyl (C=O) groups excluding carboxylic acids is 1. The number of fused-ring (bicyclic) bond motifs is 1. The van der Waals surface area contributed by atoms with Crippen molar-refractivity contribution in [2.45, 2.75) is 19.4 Å². The van der Waals surface area contributed by atoms with E-state index in [9.17, 15) is 9.18 Å². The van der Waals surface area contributed by atoms with Crippen LogP contribution in [0.15, 0.2) is 18.5 Å². The highest BCUT2D eigenvalue weighted by Crippen LogP contribution is 2.28. The molecule has 0 aliphatic carbocycles. The summed E-state index contributed by atoms with van der Waals surface area (Å²) in [5.41, 5.74) is 1.43. The molecule has 2 aliphatic heterocycles. The Hall–Kier alpha value is -1.99. The topological polar surface area (TPSA) is 61.5 Å². The lowest BCUT2D eigenvalue weighted by atomic mass is 9.99. The largest absolute Gasteiger partial charge is 0.379 e. The Labute approximate surface area is 146 Å². The predicted molar refractivity (Wildman–Crippen MR) is 91.9 cm³/mol. The number of aromatic amines is 1. The molecule has 25 heavy (non-hydrogen) atoms. The van der Waals surface area contributed by atoms with Gasteiger partial charge in [0.1, 0.15) is 11.3 Å². The van der Waals surface area contributed by atoms with Crippen molar-refractivity contribution < 1.29 is 13.9 Å². The number of ether oxygens (including phenoxy) is 1. The molecule has 1 aromatic heterocycles. The van der Waals surface area contributed by atoms with Crippen molar-refractivity contribution in [3.8, 4) is 0 Å². The lowest BCUT2D eigenvalue weighted by molar-refractivity contribution is 0.0103. The van der Waals surface area contributed by atoms with Gasteiger partial charge < -0.3 is 14.6 Å². The molecule has 6 nitrogen and oxygen atoms in total. The summed E-state index contributed by atoms with van der Waals surface area (Å²) in [6.45, 7) is 6.87. The van der Waals surface area contributed by atoms with Gasteiger partial charge in [-0.3, -0.25) is 9.69 Å². The van der Waals surface area contributed by atoms with E-state index in [-0.39, 0.29) is 5.91 Å². The van der Waals surface area contributed by atoms with Crippen LogP contribution in [-0.4, -0.2) is 71.1 Å². The minimum atomic E-state index is -0.420. The van der Waals surface area contributed by atoms with Gasteiger partial charge in [-0.2, -0.15) is 0 Å². The summed E-state index contributed by atoms with van der Waals surface area (Å²) in [7, 11) is 0. The molecule has 134 valence electrons. The number of aromatic nitrogens is 2. The maximum absolute atomic E-state index is 13.9. The van der Waals surface area contributed by atoms with Crippen LogP contribution >= 0.6 is 0 Å². The zero-order valence-electron chi connectivity index (χ0n) is 14.4. The van der Waals surface area contributed by atoms with Gasteiger partial charge in [0.15, 0.2) is 0 Å². The van der Waals surface area contributed by atoms with Crippen molar-refractivity contribution in [2.24, 2.45) is 5.92 Å². The summed E-state index contributed by atoms with van der Waals surface area (Å²) in [6, 6.07) is 3.02. The normalized spacial score (nSPS) is 25.0. The third-order valence-corrected chi connectivity index (χ3v) is 5.45. The molecule has 1 aromatic carbocycles. The smallest absolute Gasteiger partial charge is 0.256 e. The maximum Gasteiger partial charge on any atom is 0.256 e. The predicted octanol–water partition coefficient (Wildman–Crippen LogP) is 1.88. The van der Waals surface area contributed by atoms with Gasteiger partial charge in [-0.1, -0.05) is 13.3 Å². The number of imidazole rings is 1. The monoisotopic (exact) mass is 346 g/mol. The van der Waals surface area contributed by atoms with Crippen LogP contribution in [-0.2, 0) is 4.74 Å². The summed E-state index contributed by atoms with van der Waals surface area (Å²) in [5, 5.41) is 0. The number of halogens is 1. The second kappa shape index (κ2) is 6.72. The van der Waals surface area contributed by atoms with E-state index in [1.807, 2.05) is 4.90 Å². The SMILES string of the molecule is CCC1CN(C(=O)c2cc(F)cc3[nH]cnc23)CC1N1CCOCC1. The molecule has 0 saturated carbocycles. The zero-order valence-corrected chi connectivity index (χ0v) is 14.4. The average Bonchev–Trinajstić information content (AvgIpc) is 3.27. The number of carbonyl (C=O) groups is 1. The first-order valence-corrected chi connectivity index (χ1v) is 8.91. The average molecular weight is 346 g/mol. The van der Waals surface area contributed by atoms with E-state index in [0.29, 0.717) is 41.6 Å². The van der Waals surface area contributed by atoms with E-state index in [1.54, 1.807) is 0 Å². The van der Waals surface area contributed by atoms with E-state index in [2.05, 4.69) is 21.8 Å². The standard InChI is InChI=1S/C18H23FN4O2/c1-2-12-9-23(10-16(12)22-3-5-25-6-4-22)18(24)14-7-13(19)8-15-17(14)21-11-20-15/h7-8,11-12,16H,2-6,9-10H2,1H3,(H,20,21). The van der Waals surface area contributed by atoms with Gasteiger partial charge in [-0.05, 0) is 18.1 Å². The van der Waals surface area contributed by atoms with Crippen molar-refractivity contribution in [3.05, 3.63) is 29.8 Å². The Bertz CT molecular complexity index is 772. The summed E-state index contributed by atoms with van der Waals surface area (Å²) < 4.78 is 19.3. The number of amides is 1. The molecular formula is C18H23FN4O2. The van der Waals surface area contributed by atoms with Crippen LogP contribution in [0, 0.1) is 11.7 Å². The van der Waals surface area contributed by atoms with Crippen molar-refractivity contribution >= 4 is 16.9 Å². The lowest BCUT2D eigenvalue weighted by Crippen LogP contribution is -2.47. The summed E-state index contributed by atoms with van der Waals surface area (Å²) in [5.74, 6) is -0.118. The van der Waals surface area contributed by atoms with Crippen LogP contribution in [0.3, 0.4) is 0 Å². The maximum atomic E-state index is 13.9. The summed E-state index contributed by atoms with van der Waals surface area (Å²) in [4.78, 5) is 24.4. The van der Waals surface area contributed by atoms with Crippen molar-refractivity contribution in [1.82, 2.24) is 19.8 Å². The van der Waals surface area contributed by atoms with E-state index >= 15 is 0 Å². The number of H-pyrrole nitrogens is 1. The fraction of sp³-hybridized carbons (Fsp3) is 0.556. The molecule has 0 bridgehead atoms. The molecular weight excluding hydrogens is 323 g/mol. The second-order valence-electron chi connectivity index (χ2n) is 6.85. The van der Waals surface area contributed by atoms with Gasteiger partial charge in [0.2, 0.25) is 0 Å². The fourth-order valence-electron chi connectivity index (χ4n) is 4.09. The number of hydrogen-bond acceptors (Lipinski definition) is 4. The molecule has 2 saturated heterocycles. The molecule has 3 heterocycles. The Kier molecular flexibility index (Phi) is 4.43. The second-order valence-corrected chi connectivity index (χ2v) is 6.85. The van der Waals surface area contributed by atoms with Crippen LogP contribution < -0.4 is 0 Å². The van der Waals surface area contributed by atoms with E-state index in [4.69, 9.17) is 4.74 Å². The fourth-order valence-corrected chi connectivity index (χ4v) is 4.09. The molecule has 1 amide bonds. The Balaban J connectivity index is 1.58. The molecule has 2 aliphatic rings. The van der Waals surface area contributed by atoms with Crippen LogP contribution in [0.4, 0.5) is 4.39 Å². The highest BCUT2D eigenvalue weighted by molar-refractivity contribution is 6.05. The Morgan fingerprint density at radius 1 is 1.36 bits per heavy atom. The molecule has 1 N–H and O–H groups in total. The van der Waals surface area contributed by atoms with Crippen LogP contribution in [0.1, 0.15) is 23.7 Å².